The van der Waals surface area contributed by atoms with E-state index in [1.54, 1.807) is 6.07 Å². The van der Waals surface area contributed by atoms with Crippen LogP contribution in [0.15, 0.2) is 12.1 Å². The van der Waals surface area contributed by atoms with Gasteiger partial charge in [0.2, 0.25) is 0 Å². The van der Waals surface area contributed by atoms with Crippen LogP contribution in [0.25, 0.3) is 0 Å². The molecule has 1 fully saturated rings. The largest absolute Gasteiger partial charge is 0.465 e. The Hall–Kier alpha value is -1.84. The number of aryl methyl sites for hydroxylation is 1. The van der Waals surface area contributed by atoms with Gasteiger partial charge in [0.05, 0.1) is 18.2 Å². The molecule has 150 valence electrons. The minimum Gasteiger partial charge on any atom is -0.465 e. The maximum atomic E-state index is 12.9. The smallest absolute Gasteiger partial charge is 0.339 e. The summed E-state index contributed by atoms with van der Waals surface area (Å²) in [7, 11) is 1.38. The van der Waals surface area contributed by atoms with Crippen LogP contribution < -0.4 is 0 Å². The van der Waals surface area contributed by atoms with Crippen LogP contribution >= 0.6 is 0 Å². The number of ether oxygens (including phenoxy) is 2. The number of hydrogen-bond acceptors (Lipinski definition) is 4. The summed E-state index contributed by atoms with van der Waals surface area (Å²) in [5, 5.41) is 0. The van der Waals surface area contributed by atoms with Gasteiger partial charge in [-0.2, -0.15) is 0 Å². The Morgan fingerprint density at radius 3 is 2.26 bits per heavy atom. The molecule has 1 aromatic carbocycles. The average Bonchev–Trinajstić information content (AvgIpc) is 2.70. The molecule has 0 bridgehead atoms. The summed E-state index contributed by atoms with van der Waals surface area (Å²) in [6, 6.07) is 3.77. The van der Waals surface area contributed by atoms with Gasteiger partial charge in [0.25, 0.3) is 0 Å². The maximum absolute atomic E-state index is 12.9. The number of methoxy groups -OCH3 is 1. The normalized spacial score (nSPS) is 14.8. The molecule has 0 amide bonds. The molecule has 1 aromatic rings. The van der Waals surface area contributed by atoms with Gasteiger partial charge in [0, 0.05) is 0 Å². The van der Waals surface area contributed by atoms with Gasteiger partial charge >= 0.3 is 11.9 Å². The van der Waals surface area contributed by atoms with E-state index in [4.69, 9.17) is 9.47 Å². The van der Waals surface area contributed by atoms with Crippen molar-refractivity contribution in [2.75, 3.05) is 7.11 Å². The molecule has 0 radical (unpaired) electrons. The summed E-state index contributed by atoms with van der Waals surface area (Å²) in [6.07, 6.45) is 11.0. The first kappa shape index (κ1) is 21.5. The number of carbonyl (C=O) groups excluding carboxylic acids is 2. The Kier molecular flexibility index (Phi) is 8.83. The van der Waals surface area contributed by atoms with Crippen molar-refractivity contribution in [3.8, 4) is 0 Å². The molecule has 4 nitrogen and oxygen atoms in total. The van der Waals surface area contributed by atoms with Gasteiger partial charge in [0.15, 0.2) is 0 Å². The number of rotatable bonds is 9. The van der Waals surface area contributed by atoms with Crippen molar-refractivity contribution in [2.24, 2.45) is 0 Å². The summed E-state index contributed by atoms with van der Waals surface area (Å²) in [6.45, 7) is 4.29. The monoisotopic (exact) mass is 374 g/mol. The minimum absolute atomic E-state index is 0.0318. The Labute approximate surface area is 163 Å². The highest BCUT2D eigenvalue weighted by Gasteiger charge is 2.27. The molecule has 0 aromatic heterocycles. The van der Waals surface area contributed by atoms with Crippen molar-refractivity contribution in [1.29, 1.82) is 0 Å². The molecular formula is C23H34O4. The van der Waals surface area contributed by atoms with E-state index in [1.165, 1.54) is 13.5 Å². The van der Waals surface area contributed by atoms with E-state index in [2.05, 4.69) is 13.8 Å². The van der Waals surface area contributed by atoms with Crippen LogP contribution in [0.5, 0.6) is 0 Å². The fourth-order valence-electron chi connectivity index (χ4n) is 3.83. The SMILES string of the molecule is CCCCc1ccc(C(=O)OC2CCCCC2)c(C(=O)OC)c1CCCC. The second-order valence-electron chi connectivity index (χ2n) is 7.49. The zero-order valence-electron chi connectivity index (χ0n) is 17.1. The topological polar surface area (TPSA) is 52.6 Å². The molecule has 0 N–H and O–H groups in total. The molecular weight excluding hydrogens is 340 g/mol. The first-order chi connectivity index (χ1) is 13.1. The summed E-state index contributed by atoms with van der Waals surface area (Å²) in [5.74, 6) is -0.822. The second kappa shape index (κ2) is 11.1. The second-order valence-corrected chi connectivity index (χ2v) is 7.49. The third-order valence-corrected chi connectivity index (χ3v) is 5.43. The first-order valence-corrected chi connectivity index (χ1v) is 10.6. The molecule has 0 aliphatic heterocycles. The Bertz CT molecular complexity index is 630. The number of esters is 2. The van der Waals surface area contributed by atoms with Crippen molar-refractivity contribution in [1.82, 2.24) is 0 Å². The van der Waals surface area contributed by atoms with Crippen molar-refractivity contribution in [3.05, 3.63) is 34.4 Å². The zero-order chi connectivity index (χ0) is 19.6. The molecule has 0 unspecified atom stereocenters. The van der Waals surface area contributed by atoms with Gasteiger partial charge in [-0.1, -0.05) is 39.2 Å². The van der Waals surface area contributed by atoms with E-state index in [0.29, 0.717) is 11.1 Å². The molecule has 0 heterocycles. The summed E-state index contributed by atoms with van der Waals surface area (Å²) in [4.78, 5) is 25.5. The van der Waals surface area contributed by atoms with E-state index in [9.17, 15) is 9.59 Å². The van der Waals surface area contributed by atoms with Crippen LogP contribution in [0.1, 0.15) is 103 Å². The lowest BCUT2D eigenvalue weighted by Gasteiger charge is -2.23. The fraction of sp³-hybridized carbons (Fsp3) is 0.652. The predicted octanol–water partition coefficient (Wildman–Crippen LogP) is 5.65. The molecule has 1 aliphatic rings. The van der Waals surface area contributed by atoms with E-state index >= 15 is 0 Å². The summed E-state index contributed by atoms with van der Waals surface area (Å²) in [5.41, 5.74) is 2.90. The highest BCUT2D eigenvalue weighted by atomic mass is 16.5. The van der Waals surface area contributed by atoms with Crippen LogP contribution in [0.3, 0.4) is 0 Å². The Balaban J connectivity index is 2.38. The Morgan fingerprint density at radius 2 is 1.63 bits per heavy atom. The van der Waals surface area contributed by atoms with Gasteiger partial charge in [-0.15, -0.1) is 0 Å². The quantitative estimate of drug-likeness (QED) is 0.524. The predicted molar refractivity (Wildman–Crippen MR) is 107 cm³/mol. The first-order valence-electron chi connectivity index (χ1n) is 10.6. The third kappa shape index (κ3) is 5.82. The van der Waals surface area contributed by atoms with Crippen LogP contribution in [0.2, 0.25) is 0 Å². The molecule has 0 spiro atoms. The average molecular weight is 375 g/mol. The number of unbranched alkanes of at least 4 members (excludes halogenated alkanes) is 2. The molecule has 1 saturated carbocycles. The van der Waals surface area contributed by atoms with Crippen molar-refractivity contribution in [2.45, 2.75) is 90.6 Å². The van der Waals surface area contributed by atoms with Gasteiger partial charge in [-0.3, -0.25) is 0 Å². The lowest BCUT2D eigenvalue weighted by Crippen LogP contribution is -2.23. The fourth-order valence-corrected chi connectivity index (χ4v) is 3.83. The lowest BCUT2D eigenvalue weighted by atomic mass is 9.90. The van der Waals surface area contributed by atoms with E-state index in [-0.39, 0.29) is 12.1 Å². The minimum atomic E-state index is -0.435. The van der Waals surface area contributed by atoms with Crippen LogP contribution in [0.4, 0.5) is 0 Å². The van der Waals surface area contributed by atoms with Crippen molar-refractivity contribution >= 4 is 11.9 Å². The maximum Gasteiger partial charge on any atom is 0.339 e. The molecule has 27 heavy (non-hydrogen) atoms. The third-order valence-electron chi connectivity index (χ3n) is 5.43. The highest BCUT2D eigenvalue weighted by molar-refractivity contribution is 6.04. The van der Waals surface area contributed by atoms with Crippen LogP contribution in [-0.2, 0) is 22.3 Å². The van der Waals surface area contributed by atoms with Gasteiger partial charge < -0.3 is 9.47 Å². The van der Waals surface area contributed by atoms with E-state index in [0.717, 1.165) is 75.3 Å². The Morgan fingerprint density at radius 1 is 0.963 bits per heavy atom. The molecule has 1 aliphatic carbocycles. The molecule has 0 saturated heterocycles. The van der Waals surface area contributed by atoms with Crippen molar-refractivity contribution < 1.29 is 19.1 Å². The molecule has 0 atom stereocenters. The molecule has 2 rings (SSSR count). The van der Waals surface area contributed by atoms with E-state index in [1.807, 2.05) is 6.07 Å². The zero-order valence-corrected chi connectivity index (χ0v) is 17.1. The number of hydrogen-bond donors (Lipinski definition) is 0. The van der Waals surface area contributed by atoms with Gasteiger partial charge in [0.1, 0.15) is 6.10 Å². The van der Waals surface area contributed by atoms with E-state index < -0.39 is 5.97 Å². The number of carbonyl (C=O) groups is 2. The van der Waals surface area contributed by atoms with Crippen LogP contribution in [0, 0.1) is 0 Å². The number of benzene rings is 1. The lowest BCUT2D eigenvalue weighted by molar-refractivity contribution is 0.0205. The van der Waals surface area contributed by atoms with Crippen LogP contribution in [-0.4, -0.2) is 25.2 Å². The highest BCUT2D eigenvalue weighted by Crippen LogP contribution is 2.27. The summed E-state index contributed by atoms with van der Waals surface area (Å²) >= 11 is 0. The molecule has 4 heteroatoms. The van der Waals surface area contributed by atoms with Gasteiger partial charge in [-0.25, -0.2) is 9.59 Å². The van der Waals surface area contributed by atoms with Crippen molar-refractivity contribution in [3.63, 3.8) is 0 Å². The standard InChI is InChI=1S/C23H34O4/c1-4-6-11-17-15-16-20(22(24)27-18-12-9-8-10-13-18)21(23(25)26-3)19(17)14-7-5-2/h15-16,18H,4-14H2,1-3H3. The van der Waals surface area contributed by atoms with Gasteiger partial charge in [-0.05, 0) is 68.6 Å². The summed E-state index contributed by atoms with van der Waals surface area (Å²) < 4.78 is 10.8.